The number of aromatic nitrogens is 3. The lowest BCUT2D eigenvalue weighted by molar-refractivity contribution is 0.240. The standard InChI is InChI=1S/C31H33N7O3S/c1-37-21-25(20-35-37)24-7-11-27(12-8-24)38(31(39)34-18-22-4-3-5-29(16-22)42(2,40)41)28-13-9-26(10-14-28)36-30-15-6-23(17-32)19-33-30/h3-8,11-12,15-16,19-21,26,28H,9-10,13-14,18H2,1-2H3,(H,33,36)(H,34,39). The zero-order valence-corrected chi connectivity index (χ0v) is 24.4. The molecule has 1 aliphatic carbocycles. The quantitative estimate of drug-likeness (QED) is 0.302. The van der Waals surface area contributed by atoms with E-state index in [9.17, 15) is 13.2 Å². The number of carbonyl (C=O) groups is 1. The molecule has 2 aromatic carbocycles. The minimum absolute atomic E-state index is 0.0245. The fraction of sp³-hybridized carbons (Fsp3) is 0.290. The predicted octanol–water partition coefficient (Wildman–Crippen LogP) is 4.90. The molecule has 0 atom stereocenters. The summed E-state index contributed by atoms with van der Waals surface area (Å²) in [6, 6.07) is 20.1. The van der Waals surface area contributed by atoms with E-state index in [1.807, 2.05) is 48.5 Å². The van der Waals surface area contributed by atoms with Crippen LogP contribution >= 0.6 is 0 Å². The first-order valence-electron chi connectivity index (χ1n) is 13.8. The fourth-order valence-electron chi connectivity index (χ4n) is 5.26. The fourth-order valence-corrected chi connectivity index (χ4v) is 5.95. The molecule has 5 rings (SSSR count). The Hall–Kier alpha value is -4.69. The summed E-state index contributed by atoms with van der Waals surface area (Å²) in [4.78, 5) is 20.1. The number of benzene rings is 2. The molecule has 0 aliphatic heterocycles. The second-order valence-electron chi connectivity index (χ2n) is 10.6. The van der Waals surface area contributed by atoms with E-state index in [0.29, 0.717) is 11.1 Å². The summed E-state index contributed by atoms with van der Waals surface area (Å²) in [5.41, 5.74) is 4.01. The number of anilines is 2. The third-order valence-electron chi connectivity index (χ3n) is 7.48. The molecule has 2 amide bonds. The summed E-state index contributed by atoms with van der Waals surface area (Å²) in [7, 11) is -1.48. The van der Waals surface area contributed by atoms with Gasteiger partial charge in [-0.15, -0.1) is 0 Å². The maximum atomic E-state index is 13.7. The Morgan fingerprint density at radius 1 is 1.05 bits per heavy atom. The van der Waals surface area contributed by atoms with Crippen LogP contribution in [0.5, 0.6) is 0 Å². The van der Waals surface area contributed by atoms with E-state index in [0.717, 1.165) is 48.3 Å². The van der Waals surface area contributed by atoms with E-state index in [1.165, 1.54) is 6.26 Å². The average molecular weight is 584 g/mol. The highest BCUT2D eigenvalue weighted by Gasteiger charge is 2.30. The van der Waals surface area contributed by atoms with Crippen molar-refractivity contribution in [2.75, 3.05) is 16.5 Å². The SMILES string of the molecule is Cn1cc(-c2ccc(N(C(=O)NCc3cccc(S(C)(=O)=O)c3)C3CCC(Nc4ccc(C#N)cn4)CC3)cc2)cn1. The molecule has 2 heterocycles. The van der Waals surface area contributed by atoms with E-state index in [2.05, 4.69) is 26.8 Å². The molecule has 0 unspecified atom stereocenters. The number of nitrogens with zero attached hydrogens (tertiary/aromatic N) is 5. The van der Waals surface area contributed by atoms with Crippen molar-refractivity contribution in [2.45, 2.75) is 49.2 Å². The molecule has 2 aromatic heterocycles. The largest absolute Gasteiger partial charge is 0.367 e. The van der Waals surface area contributed by atoms with Crippen molar-refractivity contribution < 1.29 is 13.2 Å². The van der Waals surface area contributed by atoms with Crippen LogP contribution in [0.1, 0.15) is 36.8 Å². The van der Waals surface area contributed by atoms with Gasteiger partial charge in [-0.2, -0.15) is 10.4 Å². The highest BCUT2D eigenvalue weighted by molar-refractivity contribution is 7.90. The highest BCUT2D eigenvalue weighted by atomic mass is 32.2. The second kappa shape index (κ2) is 12.4. The number of hydrogen-bond acceptors (Lipinski definition) is 7. The summed E-state index contributed by atoms with van der Waals surface area (Å²) in [6.07, 6.45) is 9.75. The van der Waals surface area contributed by atoms with Gasteiger partial charge in [0, 0.05) is 55.6 Å². The molecule has 10 nitrogen and oxygen atoms in total. The van der Waals surface area contributed by atoms with Crippen molar-refractivity contribution in [3.63, 3.8) is 0 Å². The number of nitrogens with one attached hydrogen (secondary N) is 2. The van der Waals surface area contributed by atoms with E-state index < -0.39 is 9.84 Å². The summed E-state index contributed by atoms with van der Waals surface area (Å²) >= 11 is 0. The van der Waals surface area contributed by atoms with Gasteiger partial charge in [0.2, 0.25) is 0 Å². The molecule has 1 saturated carbocycles. The molecule has 42 heavy (non-hydrogen) atoms. The summed E-state index contributed by atoms with van der Waals surface area (Å²) < 4.78 is 25.8. The number of nitriles is 1. The molecule has 0 bridgehead atoms. The Bertz CT molecular complexity index is 1690. The minimum Gasteiger partial charge on any atom is -0.367 e. The Morgan fingerprint density at radius 2 is 1.81 bits per heavy atom. The number of hydrogen-bond donors (Lipinski definition) is 2. The summed E-state index contributed by atoms with van der Waals surface area (Å²) in [6.45, 7) is 0.202. The van der Waals surface area contributed by atoms with E-state index in [-0.39, 0.29) is 29.6 Å². The van der Waals surface area contributed by atoms with E-state index >= 15 is 0 Å². The number of pyridine rings is 1. The van der Waals surface area contributed by atoms with Crippen molar-refractivity contribution >= 4 is 27.4 Å². The molecule has 0 saturated heterocycles. The van der Waals surface area contributed by atoms with Gasteiger partial charge in [-0.1, -0.05) is 24.3 Å². The van der Waals surface area contributed by atoms with Crippen molar-refractivity contribution in [3.05, 3.63) is 90.4 Å². The number of amides is 2. The van der Waals surface area contributed by atoms with Gasteiger partial charge >= 0.3 is 6.03 Å². The summed E-state index contributed by atoms with van der Waals surface area (Å²) in [5.74, 6) is 0.731. The molecule has 0 spiro atoms. The molecule has 4 aromatic rings. The number of sulfone groups is 1. The lowest BCUT2D eigenvalue weighted by atomic mass is 9.89. The predicted molar refractivity (Wildman–Crippen MR) is 162 cm³/mol. The number of rotatable bonds is 8. The maximum absolute atomic E-state index is 13.7. The van der Waals surface area contributed by atoms with E-state index in [1.54, 1.807) is 47.4 Å². The van der Waals surface area contributed by atoms with Crippen LogP contribution in [0.3, 0.4) is 0 Å². The third-order valence-corrected chi connectivity index (χ3v) is 8.59. The second-order valence-corrected chi connectivity index (χ2v) is 12.6. The van der Waals surface area contributed by atoms with Crippen molar-refractivity contribution in [1.82, 2.24) is 20.1 Å². The van der Waals surface area contributed by atoms with Crippen LogP contribution in [-0.2, 0) is 23.4 Å². The van der Waals surface area contributed by atoms with Gasteiger partial charge in [0.15, 0.2) is 9.84 Å². The number of urea groups is 1. The molecule has 11 heteroatoms. The molecule has 216 valence electrons. The lowest BCUT2D eigenvalue weighted by Crippen LogP contribution is -2.48. The number of carbonyl (C=O) groups excluding carboxylic acids is 1. The van der Waals surface area contributed by atoms with Crippen LogP contribution in [0.15, 0.2) is 84.1 Å². The average Bonchev–Trinajstić information content (AvgIpc) is 3.44. The number of aryl methyl sites for hydroxylation is 1. The van der Waals surface area contributed by atoms with Crippen LogP contribution in [0.2, 0.25) is 0 Å². The Labute approximate surface area is 245 Å². The van der Waals surface area contributed by atoms with Gasteiger partial charge in [0.25, 0.3) is 0 Å². The first kappa shape index (κ1) is 28.8. The van der Waals surface area contributed by atoms with Gasteiger partial charge in [-0.3, -0.25) is 9.58 Å². The van der Waals surface area contributed by atoms with Gasteiger partial charge < -0.3 is 10.6 Å². The monoisotopic (exact) mass is 583 g/mol. The van der Waals surface area contributed by atoms with Gasteiger partial charge in [-0.05, 0) is 73.2 Å². The smallest absolute Gasteiger partial charge is 0.322 e. The highest BCUT2D eigenvalue weighted by Crippen LogP contribution is 2.31. The molecule has 1 fully saturated rings. The Balaban J connectivity index is 1.31. The van der Waals surface area contributed by atoms with Gasteiger partial charge in [-0.25, -0.2) is 18.2 Å². The van der Waals surface area contributed by atoms with Crippen LogP contribution < -0.4 is 15.5 Å². The molecular formula is C31H33N7O3S. The Kier molecular flexibility index (Phi) is 8.54. The molecule has 2 N–H and O–H groups in total. The minimum atomic E-state index is -3.35. The molecule has 1 aliphatic rings. The van der Waals surface area contributed by atoms with Crippen molar-refractivity contribution in [2.24, 2.45) is 7.05 Å². The normalized spacial score (nSPS) is 16.8. The van der Waals surface area contributed by atoms with Gasteiger partial charge in [0.1, 0.15) is 11.9 Å². The first-order chi connectivity index (χ1) is 20.2. The van der Waals surface area contributed by atoms with Crippen LogP contribution in [0.25, 0.3) is 11.1 Å². The summed E-state index contributed by atoms with van der Waals surface area (Å²) in [5, 5.41) is 19.7. The zero-order chi connectivity index (χ0) is 29.7. The van der Waals surface area contributed by atoms with Crippen LogP contribution in [-0.4, -0.2) is 47.6 Å². The van der Waals surface area contributed by atoms with E-state index in [4.69, 9.17) is 5.26 Å². The molecule has 0 radical (unpaired) electrons. The van der Waals surface area contributed by atoms with Gasteiger partial charge in [0.05, 0.1) is 16.7 Å². The zero-order valence-electron chi connectivity index (χ0n) is 23.6. The van der Waals surface area contributed by atoms with Crippen molar-refractivity contribution in [3.8, 4) is 17.2 Å². The lowest BCUT2D eigenvalue weighted by Gasteiger charge is -2.37. The topological polar surface area (TPSA) is 133 Å². The maximum Gasteiger partial charge on any atom is 0.322 e. The molecular weight excluding hydrogens is 550 g/mol. The van der Waals surface area contributed by atoms with Crippen LogP contribution in [0, 0.1) is 11.3 Å². The first-order valence-corrected chi connectivity index (χ1v) is 15.7. The van der Waals surface area contributed by atoms with Crippen LogP contribution in [0.4, 0.5) is 16.3 Å². The third kappa shape index (κ3) is 6.95. The van der Waals surface area contributed by atoms with Crippen molar-refractivity contribution in [1.29, 1.82) is 5.26 Å². The Morgan fingerprint density at radius 3 is 2.43 bits per heavy atom.